The first kappa shape index (κ1) is 30.3. The lowest BCUT2D eigenvalue weighted by Crippen LogP contribution is -2.31. The van der Waals surface area contributed by atoms with E-state index in [-0.39, 0.29) is 29.4 Å². The van der Waals surface area contributed by atoms with Gasteiger partial charge in [-0.2, -0.15) is 9.41 Å². The van der Waals surface area contributed by atoms with Crippen LogP contribution >= 0.6 is 0 Å². The number of hydrazone groups is 1. The summed E-state index contributed by atoms with van der Waals surface area (Å²) in [6.07, 6.45) is 0.750. The molecule has 0 aliphatic carbocycles. The van der Waals surface area contributed by atoms with Crippen LogP contribution in [0.1, 0.15) is 26.3 Å². The predicted molar refractivity (Wildman–Crippen MR) is 138 cm³/mol. The van der Waals surface area contributed by atoms with Gasteiger partial charge in [0.1, 0.15) is 16.4 Å². The number of ether oxygens (including phenoxy) is 2. The van der Waals surface area contributed by atoms with Crippen molar-refractivity contribution in [3.05, 3.63) is 52.1 Å². The molecule has 1 N–H and O–H groups in total. The van der Waals surface area contributed by atoms with Crippen molar-refractivity contribution in [1.29, 1.82) is 0 Å². The van der Waals surface area contributed by atoms with Crippen LogP contribution in [0.15, 0.2) is 46.4 Å². The molecule has 0 heterocycles. The Morgan fingerprint density at radius 1 is 1.11 bits per heavy atom. The first-order valence-electron chi connectivity index (χ1n) is 10.9. The summed E-state index contributed by atoms with van der Waals surface area (Å²) in [7, 11) is 2.47. The van der Waals surface area contributed by atoms with Crippen molar-refractivity contribution in [3.8, 4) is 11.5 Å². The molecule has 0 aliphatic heterocycles. The first-order valence-corrected chi connectivity index (χ1v) is 12.3. The van der Waals surface area contributed by atoms with E-state index in [1.165, 1.54) is 28.4 Å². The van der Waals surface area contributed by atoms with Gasteiger partial charge in [-0.25, -0.2) is 8.42 Å². The molecule has 0 aromatic heterocycles. The molecule has 2 aromatic carbocycles. The fourth-order valence-electron chi connectivity index (χ4n) is 2.93. The molecule has 1 amide bonds. The highest BCUT2D eigenvalue weighted by Gasteiger charge is 2.27. The third-order valence-electron chi connectivity index (χ3n) is 4.85. The number of sulfonamides is 1. The first-order chi connectivity index (χ1) is 17.0. The lowest BCUT2D eigenvalue weighted by Gasteiger charge is -2.20. The molecule has 12 nitrogen and oxygen atoms in total. The monoisotopic (exact) mass is 523 g/mol. The van der Waals surface area contributed by atoms with Gasteiger partial charge in [-0.05, 0) is 25.1 Å². The van der Waals surface area contributed by atoms with Crippen LogP contribution in [0, 0.1) is 10.1 Å². The Morgan fingerprint density at radius 3 is 2.19 bits per heavy atom. The third-order valence-corrected chi connectivity index (χ3v) is 6.94. The summed E-state index contributed by atoms with van der Waals surface area (Å²) < 4.78 is 37.9. The number of nitrogens with zero attached hydrogens (tertiary/aromatic N) is 4. The molecule has 0 saturated carbocycles. The number of carbonyl (C=O) groups is 1. The van der Waals surface area contributed by atoms with Gasteiger partial charge >= 0.3 is 0 Å². The van der Waals surface area contributed by atoms with Crippen LogP contribution in [0.2, 0.25) is 0 Å². The number of rotatable bonds is 11. The van der Waals surface area contributed by atoms with Gasteiger partial charge in [-0.15, -0.1) is 0 Å². The van der Waals surface area contributed by atoms with Crippen molar-refractivity contribution in [2.45, 2.75) is 25.7 Å². The highest BCUT2D eigenvalue weighted by atomic mass is 32.2. The van der Waals surface area contributed by atoms with Gasteiger partial charge in [0.15, 0.2) is 0 Å². The normalized spacial score (nSPS) is 11.3. The quantitative estimate of drug-likeness (QED) is 0.205. The Morgan fingerprint density at radius 2 is 1.72 bits per heavy atom. The minimum atomic E-state index is -3.97. The van der Waals surface area contributed by atoms with E-state index < -0.39 is 14.9 Å². The largest absolute Gasteiger partial charge is 0.497 e. The number of non-ortho nitro benzene ring substituents is 1. The number of amides is 1. The van der Waals surface area contributed by atoms with E-state index in [1.807, 2.05) is 0 Å². The Hall–Kier alpha value is -3.71. The van der Waals surface area contributed by atoms with E-state index in [2.05, 4.69) is 10.5 Å². The molecule has 0 bridgehead atoms. The summed E-state index contributed by atoms with van der Waals surface area (Å²) >= 11 is 0. The Kier molecular flexibility index (Phi) is 11.8. The summed E-state index contributed by atoms with van der Waals surface area (Å²) in [5.41, 5.74) is 3.73. The number of nitrogens with one attached hydrogen (secondary N) is 1. The van der Waals surface area contributed by atoms with Gasteiger partial charge < -0.3 is 14.4 Å². The van der Waals surface area contributed by atoms with Crippen LogP contribution in [-0.4, -0.2) is 76.1 Å². The van der Waals surface area contributed by atoms with E-state index in [0.717, 1.165) is 12.5 Å². The standard InChI is InChI=1S/C20H26N4O6S.C3H7NO/c1-6-23(7-2)31(27,28)20-12-15(24(25)26)8-11-18(20)22-21-14(3)17-10-9-16(29-4)13-19(17)30-5;1-4(2)3-5/h8-13,22H,6-7H2,1-5H3;3H,1-2H3. The zero-order chi connectivity index (χ0) is 27.5. The minimum absolute atomic E-state index is 0.129. The molecule has 13 heteroatoms. The van der Waals surface area contributed by atoms with E-state index in [4.69, 9.17) is 9.47 Å². The molecule has 0 atom stereocenters. The van der Waals surface area contributed by atoms with Gasteiger partial charge in [0.25, 0.3) is 5.69 Å². The van der Waals surface area contributed by atoms with E-state index in [9.17, 15) is 23.3 Å². The van der Waals surface area contributed by atoms with E-state index in [0.29, 0.717) is 22.8 Å². The smallest absolute Gasteiger partial charge is 0.270 e. The zero-order valence-electron chi connectivity index (χ0n) is 21.5. The second kappa shape index (κ2) is 14.0. The van der Waals surface area contributed by atoms with Crippen LogP contribution in [0.3, 0.4) is 0 Å². The minimum Gasteiger partial charge on any atom is -0.497 e. The van der Waals surface area contributed by atoms with E-state index in [1.54, 1.807) is 60.2 Å². The topological polar surface area (TPSA) is 144 Å². The lowest BCUT2D eigenvalue weighted by molar-refractivity contribution is -0.385. The van der Waals surface area contributed by atoms with Crippen LogP contribution in [-0.2, 0) is 14.8 Å². The lowest BCUT2D eigenvalue weighted by atomic mass is 10.1. The molecule has 198 valence electrons. The maximum absolute atomic E-state index is 13.1. The molecule has 0 spiro atoms. The van der Waals surface area contributed by atoms with Gasteiger partial charge in [0, 0.05) is 50.9 Å². The van der Waals surface area contributed by atoms with Crippen molar-refractivity contribution < 1.29 is 27.6 Å². The number of hydrogen-bond acceptors (Lipinski definition) is 9. The zero-order valence-corrected chi connectivity index (χ0v) is 22.3. The maximum atomic E-state index is 13.1. The average molecular weight is 524 g/mol. The maximum Gasteiger partial charge on any atom is 0.270 e. The molecule has 2 aromatic rings. The third kappa shape index (κ3) is 7.92. The number of hydrogen-bond donors (Lipinski definition) is 1. The summed E-state index contributed by atoms with van der Waals surface area (Å²) in [5, 5.41) is 15.5. The molecule has 0 saturated heterocycles. The number of carbonyl (C=O) groups excluding carboxylic acids is 1. The van der Waals surface area contributed by atoms with Crippen LogP contribution in [0.4, 0.5) is 11.4 Å². The molecule has 36 heavy (non-hydrogen) atoms. The molecular formula is C23H33N5O7S. The summed E-state index contributed by atoms with van der Waals surface area (Å²) in [4.78, 5) is 21.2. The summed E-state index contributed by atoms with van der Waals surface area (Å²) in [6.45, 7) is 5.58. The van der Waals surface area contributed by atoms with Crippen LogP contribution in [0.5, 0.6) is 11.5 Å². The number of benzene rings is 2. The SMILES string of the molecule is CCN(CC)S(=O)(=O)c1cc([N+](=O)[O-])ccc1NN=C(C)c1ccc(OC)cc1OC.CN(C)C=O. The number of nitro benzene ring substituents is 1. The Labute approximate surface area is 211 Å². The average Bonchev–Trinajstić information content (AvgIpc) is 2.87. The van der Waals surface area contributed by atoms with Crippen molar-refractivity contribution in [2.75, 3.05) is 46.8 Å². The van der Waals surface area contributed by atoms with Gasteiger partial charge in [-0.3, -0.25) is 20.3 Å². The van der Waals surface area contributed by atoms with Gasteiger partial charge in [0.05, 0.1) is 30.5 Å². The van der Waals surface area contributed by atoms with Crippen molar-refractivity contribution in [1.82, 2.24) is 9.21 Å². The van der Waals surface area contributed by atoms with Crippen molar-refractivity contribution in [2.24, 2.45) is 5.10 Å². The molecule has 0 fully saturated rings. The second-order valence-electron chi connectivity index (χ2n) is 7.47. The Bertz CT molecular complexity index is 1180. The molecule has 0 aliphatic rings. The second-order valence-corrected chi connectivity index (χ2v) is 9.38. The van der Waals surface area contributed by atoms with Crippen LogP contribution in [0.25, 0.3) is 0 Å². The number of nitro groups is 1. The molecule has 0 unspecified atom stereocenters. The fourth-order valence-corrected chi connectivity index (χ4v) is 4.55. The van der Waals surface area contributed by atoms with Crippen LogP contribution < -0.4 is 14.9 Å². The fraction of sp³-hybridized carbons (Fsp3) is 0.391. The Balaban J connectivity index is 0.00000118. The van der Waals surface area contributed by atoms with Gasteiger partial charge in [-0.1, -0.05) is 13.8 Å². The van der Waals surface area contributed by atoms with Gasteiger partial charge in [0.2, 0.25) is 16.4 Å². The van der Waals surface area contributed by atoms with E-state index >= 15 is 0 Å². The highest BCUT2D eigenvalue weighted by molar-refractivity contribution is 7.89. The molecule has 0 radical (unpaired) electrons. The predicted octanol–water partition coefficient (Wildman–Crippen LogP) is 3.18. The summed E-state index contributed by atoms with van der Waals surface area (Å²) in [5.74, 6) is 1.14. The number of methoxy groups -OCH3 is 2. The summed E-state index contributed by atoms with van der Waals surface area (Å²) in [6, 6.07) is 8.81. The van der Waals surface area contributed by atoms with Crippen molar-refractivity contribution >= 4 is 33.5 Å². The molecular weight excluding hydrogens is 490 g/mol. The number of anilines is 1. The molecule has 2 rings (SSSR count). The highest BCUT2D eigenvalue weighted by Crippen LogP contribution is 2.30. The van der Waals surface area contributed by atoms with Crippen molar-refractivity contribution in [3.63, 3.8) is 0 Å².